The van der Waals surface area contributed by atoms with Crippen LogP contribution in [0.2, 0.25) is 0 Å². The van der Waals surface area contributed by atoms with Crippen molar-refractivity contribution in [3.05, 3.63) is 23.9 Å². The molecule has 2 fully saturated rings. The van der Waals surface area contributed by atoms with E-state index in [0.717, 1.165) is 52.0 Å². The first kappa shape index (κ1) is 18.6. The van der Waals surface area contributed by atoms with Gasteiger partial charge in [0, 0.05) is 51.4 Å². The maximum atomic E-state index is 11.8. The predicted octanol–water partition coefficient (Wildman–Crippen LogP) is 1.32. The molecule has 0 bridgehead atoms. The van der Waals surface area contributed by atoms with Crippen molar-refractivity contribution in [1.82, 2.24) is 14.8 Å². The third-order valence-electron chi connectivity index (χ3n) is 5.43. The highest BCUT2D eigenvalue weighted by Crippen LogP contribution is 2.25. The summed E-state index contributed by atoms with van der Waals surface area (Å²) in [5.41, 5.74) is 5.91. The molecule has 1 aromatic rings. The molecule has 1 aromatic heterocycles. The average molecular weight is 359 g/mol. The Balaban J connectivity index is 1.62. The fourth-order valence-corrected chi connectivity index (χ4v) is 4.07. The first-order valence-electron chi connectivity index (χ1n) is 9.60. The summed E-state index contributed by atoms with van der Waals surface area (Å²) in [6.45, 7) is 6.68. The Bertz CT molecular complexity index is 651. The van der Waals surface area contributed by atoms with Crippen LogP contribution in [0.5, 0.6) is 0 Å². The Labute approximate surface area is 154 Å². The number of carbonyl (C=O) groups excluding carboxylic acids is 2. The van der Waals surface area contributed by atoms with Gasteiger partial charge >= 0.3 is 0 Å². The molecule has 2 aliphatic heterocycles. The van der Waals surface area contributed by atoms with Gasteiger partial charge in [0.25, 0.3) is 5.91 Å². The molecule has 0 radical (unpaired) electrons. The molecular weight excluding hydrogens is 330 g/mol. The van der Waals surface area contributed by atoms with Gasteiger partial charge in [-0.15, -0.1) is 0 Å². The molecular formula is C19H29N5O2. The summed E-state index contributed by atoms with van der Waals surface area (Å²) < 4.78 is 0. The quantitative estimate of drug-likeness (QED) is 0.730. The van der Waals surface area contributed by atoms with Crippen LogP contribution < -0.4 is 11.1 Å². The van der Waals surface area contributed by atoms with Crippen LogP contribution in [-0.2, 0) is 4.79 Å². The van der Waals surface area contributed by atoms with Gasteiger partial charge in [0.05, 0.1) is 5.56 Å². The number of rotatable bonds is 8. The summed E-state index contributed by atoms with van der Waals surface area (Å²) in [7, 11) is 0. The Morgan fingerprint density at radius 3 is 2.92 bits per heavy atom. The van der Waals surface area contributed by atoms with Gasteiger partial charge in [-0.05, 0) is 30.9 Å². The fraction of sp³-hybridized carbons (Fsp3) is 0.632. The molecule has 0 unspecified atom stereocenters. The number of primary amides is 1. The van der Waals surface area contributed by atoms with Crippen LogP contribution in [0.15, 0.2) is 18.3 Å². The largest absolute Gasteiger partial charge is 0.365 e. The van der Waals surface area contributed by atoms with E-state index < -0.39 is 5.91 Å². The minimum Gasteiger partial charge on any atom is -0.365 e. The molecule has 2 saturated heterocycles. The van der Waals surface area contributed by atoms with Crippen molar-refractivity contribution in [1.29, 1.82) is 0 Å². The molecule has 3 heterocycles. The Hall–Kier alpha value is -2.15. The number of aromatic nitrogens is 1. The summed E-state index contributed by atoms with van der Waals surface area (Å²) in [6.07, 6.45) is 5.59. The molecule has 2 amide bonds. The number of likely N-dealkylation sites (tertiary alicyclic amines) is 2. The van der Waals surface area contributed by atoms with Crippen molar-refractivity contribution in [3.63, 3.8) is 0 Å². The van der Waals surface area contributed by atoms with E-state index >= 15 is 0 Å². The number of nitrogens with zero attached hydrogens (tertiary/aromatic N) is 3. The maximum absolute atomic E-state index is 11.8. The van der Waals surface area contributed by atoms with E-state index in [1.54, 1.807) is 18.3 Å². The van der Waals surface area contributed by atoms with Gasteiger partial charge in [0.2, 0.25) is 5.91 Å². The zero-order chi connectivity index (χ0) is 18.5. The summed E-state index contributed by atoms with van der Waals surface area (Å²) >= 11 is 0. The van der Waals surface area contributed by atoms with Crippen LogP contribution in [0.4, 0.5) is 5.82 Å². The van der Waals surface area contributed by atoms with Gasteiger partial charge in [-0.2, -0.15) is 0 Å². The number of nitrogens with two attached hydrogens (primary N) is 1. The molecule has 0 saturated carbocycles. The van der Waals surface area contributed by atoms with Crippen molar-refractivity contribution < 1.29 is 9.59 Å². The van der Waals surface area contributed by atoms with Crippen molar-refractivity contribution in [2.45, 2.75) is 38.6 Å². The molecule has 142 valence electrons. The maximum Gasteiger partial charge on any atom is 0.252 e. The van der Waals surface area contributed by atoms with E-state index in [4.69, 9.17) is 5.73 Å². The zero-order valence-corrected chi connectivity index (χ0v) is 15.5. The highest BCUT2D eigenvalue weighted by atomic mass is 16.2. The average Bonchev–Trinajstić information content (AvgIpc) is 3.20. The van der Waals surface area contributed by atoms with E-state index in [1.807, 2.05) is 4.90 Å². The summed E-state index contributed by atoms with van der Waals surface area (Å²) in [4.78, 5) is 32.1. The molecule has 0 aromatic carbocycles. The number of hydrogen-bond acceptors (Lipinski definition) is 5. The molecule has 26 heavy (non-hydrogen) atoms. The molecule has 7 nitrogen and oxygen atoms in total. The van der Waals surface area contributed by atoms with E-state index in [1.165, 1.54) is 0 Å². The molecule has 7 heteroatoms. The molecule has 3 N–H and O–H groups in total. The number of pyridine rings is 1. The highest BCUT2D eigenvalue weighted by molar-refractivity contribution is 5.97. The topological polar surface area (TPSA) is 91.6 Å². The van der Waals surface area contributed by atoms with Crippen LogP contribution in [0.3, 0.4) is 0 Å². The lowest BCUT2D eigenvalue weighted by atomic mass is 9.98. The predicted molar refractivity (Wildman–Crippen MR) is 101 cm³/mol. The van der Waals surface area contributed by atoms with Crippen LogP contribution in [0, 0.1) is 5.92 Å². The Morgan fingerprint density at radius 2 is 2.23 bits per heavy atom. The van der Waals surface area contributed by atoms with Crippen LogP contribution in [-0.4, -0.2) is 65.4 Å². The number of nitrogens with one attached hydrogen (secondary N) is 1. The molecule has 0 spiro atoms. The van der Waals surface area contributed by atoms with E-state index in [2.05, 4.69) is 22.1 Å². The minimum absolute atomic E-state index is 0.234. The number of hydrogen-bond donors (Lipinski definition) is 2. The summed E-state index contributed by atoms with van der Waals surface area (Å²) in [5, 5.41) is 3.46. The zero-order valence-electron chi connectivity index (χ0n) is 15.5. The van der Waals surface area contributed by atoms with Crippen molar-refractivity contribution in [2.24, 2.45) is 11.7 Å². The van der Waals surface area contributed by atoms with Gasteiger partial charge < -0.3 is 16.0 Å². The van der Waals surface area contributed by atoms with Gasteiger partial charge in [0.1, 0.15) is 5.82 Å². The Kier molecular flexibility index (Phi) is 6.08. The molecule has 2 aliphatic rings. The van der Waals surface area contributed by atoms with Gasteiger partial charge in [-0.25, -0.2) is 4.98 Å². The minimum atomic E-state index is -0.463. The number of amides is 2. The first-order chi connectivity index (χ1) is 12.6. The third kappa shape index (κ3) is 4.33. The third-order valence-corrected chi connectivity index (χ3v) is 5.43. The van der Waals surface area contributed by atoms with Crippen LogP contribution >= 0.6 is 0 Å². The second-order valence-corrected chi connectivity index (χ2v) is 7.31. The van der Waals surface area contributed by atoms with Gasteiger partial charge in [-0.1, -0.05) is 13.3 Å². The normalized spacial score (nSPS) is 23.6. The van der Waals surface area contributed by atoms with E-state index in [9.17, 15) is 9.59 Å². The van der Waals surface area contributed by atoms with Crippen molar-refractivity contribution in [2.75, 3.05) is 38.0 Å². The van der Waals surface area contributed by atoms with E-state index in [0.29, 0.717) is 23.7 Å². The van der Waals surface area contributed by atoms with E-state index in [-0.39, 0.29) is 11.9 Å². The second kappa shape index (κ2) is 8.49. The van der Waals surface area contributed by atoms with Crippen molar-refractivity contribution >= 4 is 17.6 Å². The van der Waals surface area contributed by atoms with Gasteiger partial charge in [0.15, 0.2) is 0 Å². The summed E-state index contributed by atoms with van der Waals surface area (Å²) in [5.74, 6) is 0.887. The SMILES string of the molecule is CCC[C@@H]1CN(CCN2CCCC2=O)C[C@H]1Nc1ncccc1C(N)=O. The van der Waals surface area contributed by atoms with Crippen molar-refractivity contribution in [3.8, 4) is 0 Å². The van der Waals surface area contributed by atoms with Gasteiger partial charge in [-0.3, -0.25) is 14.5 Å². The smallest absolute Gasteiger partial charge is 0.252 e. The fourth-order valence-electron chi connectivity index (χ4n) is 4.07. The lowest BCUT2D eigenvalue weighted by Crippen LogP contribution is -2.36. The van der Waals surface area contributed by atoms with Crippen LogP contribution in [0.1, 0.15) is 43.0 Å². The highest BCUT2D eigenvalue weighted by Gasteiger charge is 2.33. The molecule has 3 rings (SSSR count). The molecule has 2 atom stereocenters. The monoisotopic (exact) mass is 359 g/mol. The lowest BCUT2D eigenvalue weighted by molar-refractivity contribution is -0.127. The Morgan fingerprint density at radius 1 is 1.38 bits per heavy atom. The first-order valence-corrected chi connectivity index (χ1v) is 9.60. The second-order valence-electron chi connectivity index (χ2n) is 7.31. The standard InChI is InChI=1S/C19H29N5O2/c1-2-5-14-12-23(10-11-24-9-4-7-17(24)25)13-16(14)22-19-15(18(20)26)6-3-8-21-19/h3,6,8,14,16H,2,4-5,7,9-13H2,1H3,(H2,20,26)(H,21,22)/t14-,16-/m1/s1. The summed E-state index contributed by atoms with van der Waals surface area (Å²) in [6, 6.07) is 3.67. The number of anilines is 1. The lowest BCUT2D eigenvalue weighted by Gasteiger charge is -2.21. The number of carbonyl (C=O) groups is 2. The van der Waals surface area contributed by atoms with Crippen LogP contribution in [0.25, 0.3) is 0 Å². The molecule has 0 aliphatic carbocycles.